The molecule has 3 amide bonds. The van der Waals surface area contributed by atoms with Gasteiger partial charge in [0.05, 0.1) is 57.1 Å². The number of carboxylic acid groups (broad SMARTS) is 1. The van der Waals surface area contributed by atoms with Crippen LogP contribution in [-0.2, 0) is 67.9 Å². The second kappa shape index (κ2) is 25.0. The third kappa shape index (κ3) is 13.4. The summed E-state index contributed by atoms with van der Waals surface area (Å²) in [6.07, 6.45) is 17.1. The highest BCUT2D eigenvalue weighted by Crippen LogP contribution is 2.89. The average molecular weight is 1370 g/mol. The van der Waals surface area contributed by atoms with E-state index in [-0.39, 0.29) is 88.1 Å². The summed E-state index contributed by atoms with van der Waals surface area (Å²) in [5, 5.41) is 12.5. The van der Waals surface area contributed by atoms with Crippen LogP contribution in [-0.4, -0.2) is 120 Å². The number of nitrogens with one attached hydrogen (secondary N) is 3. The molecule has 95 heavy (non-hydrogen) atoms. The standard InChI is InChI=1S/C37H58N2O7S.C25H38N2O4S.C12H22O4/c1-11-14-34(17-18-34)47(44,45)38-30(43)35(20-24(35)12-2)22-27(40)26-21-37(33(9,10)36(37)15-13-16-36)23-39(26)29(42)25(31(3,4)5)19-28(41)46-32(6,7)8;1-5-8-22(11-12-22)32(30,31)27-20(29)23(13-17(23)6-2)15-19(28)18-14-25(16-26-18)21(3,4)24(25)9-7-10-24;1-11(2,3)8(10(14)15)7-9(13)16-12(4,5)6/h12,24-26H,2,11,13-23H2,1,3-10H3,(H,38,43);6,17-18,26H,2,5,7-16H2,1,3-4H3,(H,27,29);8H,7H2,1-6H3,(H,14,15)/t24-,25-,26+,35-,37-;17-,18+,23-,25-;8-/m111/s1. The SMILES string of the molecule is C=C[C@@H]1C[C@]1(CC(=O)[C@@H]1C[C@@]2(CN1)C(C)(C)C21CCC1)C(=O)NS(=O)(=O)C1(CCC)CC1.C=C[C@@H]1C[C@]1(CC(=O)[C@@H]1C[C@@]2(CN1C(=O)[C@@H](CC(=O)OC(C)(C)C)C(C)(C)C)C(C)(C)C21CCC1)C(=O)NS(=O)(=O)C1(CCC)CC1.CC(C)(C)OC(=O)C[C@H](C(=O)O)C(C)(C)C. The van der Waals surface area contributed by atoms with Crippen LogP contribution >= 0.6 is 0 Å². The topological polar surface area (TPSA) is 283 Å². The number of allylic oxidation sites excluding steroid dienone is 2. The van der Waals surface area contributed by atoms with Crippen LogP contribution in [0.15, 0.2) is 25.3 Å². The van der Waals surface area contributed by atoms with Gasteiger partial charge in [0.1, 0.15) is 11.2 Å². The smallest absolute Gasteiger partial charge is 0.307 e. The molecule has 8 aliphatic carbocycles. The number of aliphatic carboxylic acids is 1. The molecule has 2 aliphatic heterocycles. The summed E-state index contributed by atoms with van der Waals surface area (Å²) in [5.41, 5.74) is -3.85. The number of rotatable bonds is 24. The summed E-state index contributed by atoms with van der Waals surface area (Å²) >= 11 is 0. The Balaban J connectivity index is 0.000000207. The number of Topliss-reactive ketones (excluding diaryl/α,β-unsaturated/α-hetero) is 2. The number of fused-ring (bicyclic) bond motifs is 2. The molecule has 8 saturated carbocycles. The van der Waals surface area contributed by atoms with Crippen molar-refractivity contribution in [3.8, 4) is 0 Å². The Labute approximate surface area is 568 Å². The van der Waals surface area contributed by atoms with Gasteiger partial charge in [0.15, 0.2) is 11.6 Å². The molecule has 0 unspecified atom stereocenters. The van der Waals surface area contributed by atoms with Crippen molar-refractivity contribution in [1.82, 2.24) is 19.7 Å². The highest BCUT2D eigenvalue weighted by atomic mass is 32.2. The van der Waals surface area contributed by atoms with E-state index in [0.29, 0.717) is 76.2 Å². The Morgan fingerprint density at radius 3 is 1.27 bits per heavy atom. The predicted molar refractivity (Wildman–Crippen MR) is 365 cm³/mol. The quantitative estimate of drug-likeness (QED) is 0.0516. The van der Waals surface area contributed by atoms with E-state index in [1.54, 1.807) is 79.4 Å². The van der Waals surface area contributed by atoms with Gasteiger partial charge in [-0.05, 0) is 181 Å². The normalized spacial score (nSPS) is 31.5. The van der Waals surface area contributed by atoms with Crippen molar-refractivity contribution in [2.75, 3.05) is 13.1 Å². The molecule has 10 aliphatic rings. The van der Waals surface area contributed by atoms with Crippen LogP contribution in [0.2, 0.25) is 0 Å². The van der Waals surface area contributed by atoms with Crippen molar-refractivity contribution in [2.24, 2.45) is 77.8 Å². The number of carbonyl (C=O) groups is 8. The van der Waals surface area contributed by atoms with E-state index >= 15 is 0 Å². The van der Waals surface area contributed by atoms with Gasteiger partial charge in [0, 0.05) is 31.3 Å². The number of ether oxygens (including phenoxy) is 2. The third-order valence-electron chi connectivity index (χ3n) is 26.1. The van der Waals surface area contributed by atoms with Crippen molar-refractivity contribution >= 4 is 67.2 Å². The van der Waals surface area contributed by atoms with Crippen LogP contribution < -0.4 is 14.8 Å². The fraction of sp³-hybridized carbons (Fsp3) is 0.838. The first kappa shape index (κ1) is 76.3. The molecular formula is C74H118N4O15S2. The number of hydrogen-bond acceptors (Lipinski definition) is 15. The van der Waals surface area contributed by atoms with Crippen LogP contribution in [0.1, 0.15) is 266 Å². The van der Waals surface area contributed by atoms with E-state index in [1.165, 1.54) is 19.3 Å². The average Bonchev–Trinajstić information content (AvgIpc) is 1.46. The van der Waals surface area contributed by atoms with Crippen molar-refractivity contribution in [2.45, 2.75) is 299 Å². The molecule has 10 fully saturated rings. The molecule has 4 spiro atoms. The lowest BCUT2D eigenvalue weighted by Gasteiger charge is -2.36. The highest BCUT2D eigenvalue weighted by Gasteiger charge is 2.86. The minimum Gasteiger partial charge on any atom is -0.481 e. The molecule has 0 bridgehead atoms. The molecule has 0 radical (unpaired) electrons. The predicted octanol–water partition coefficient (Wildman–Crippen LogP) is 12.0. The van der Waals surface area contributed by atoms with Gasteiger partial charge in [-0.1, -0.05) is 121 Å². The Morgan fingerprint density at radius 2 is 0.958 bits per heavy atom. The lowest BCUT2D eigenvalue weighted by molar-refractivity contribution is -0.162. The number of carboxylic acids is 1. The Bertz CT molecular complexity index is 3320. The summed E-state index contributed by atoms with van der Waals surface area (Å²) in [6.45, 7) is 44.0. The van der Waals surface area contributed by atoms with Crippen LogP contribution in [0.5, 0.6) is 0 Å². The van der Waals surface area contributed by atoms with Crippen LogP contribution in [0, 0.1) is 77.8 Å². The van der Waals surface area contributed by atoms with E-state index in [9.17, 15) is 55.2 Å². The van der Waals surface area contributed by atoms with Gasteiger partial charge in [0.2, 0.25) is 37.8 Å². The summed E-state index contributed by atoms with van der Waals surface area (Å²) < 4.78 is 66.4. The molecule has 10 rings (SSSR count). The molecule has 0 aromatic carbocycles. The highest BCUT2D eigenvalue weighted by molar-refractivity contribution is 7.92. The number of nitrogens with zero attached hydrogens (tertiary/aromatic N) is 1. The minimum absolute atomic E-state index is 0.0469. The van der Waals surface area contributed by atoms with Crippen LogP contribution in [0.25, 0.3) is 0 Å². The summed E-state index contributed by atoms with van der Waals surface area (Å²) in [6, 6.07) is -0.996. The zero-order chi connectivity index (χ0) is 71.6. The second-order valence-electron chi connectivity index (χ2n) is 36.3. The van der Waals surface area contributed by atoms with Gasteiger partial charge in [0.25, 0.3) is 0 Å². The van der Waals surface area contributed by atoms with Gasteiger partial charge >= 0.3 is 17.9 Å². The van der Waals surface area contributed by atoms with Crippen LogP contribution in [0.4, 0.5) is 0 Å². The van der Waals surface area contributed by atoms with E-state index < -0.39 is 110 Å². The lowest BCUT2D eigenvalue weighted by atomic mass is 9.73. The summed E-state index contributed by atoms with van der Waals surface area (Å²) in [5.74, 6) is -5.32. The maximum Gasteiger partial charge on any atom is 0.307 e. The molecule has 19 nitrogen and oxygen atoms in total. The molecule has 2 saturated heterocycles. The summed E-state index contributed by atoms with van der Waals surface area (Å²) in [7, 11) is -7.64. The van der Waals surface area contributed by atoms with E-state index in [4.69, 9.17) is 14.6 Å². The van der Waals surface area contributed by atoms with Gasteiger partial charge in [-0.3, -0.25) is 47.8 Å². The first-order valence-corrected chi connectivity index (χ1v) is 38.5. The maximum absolute atomic E-state index is 14.6. The maximum atomic E-state index is 14.6. The number of amides is 3. The second-order valence-corrected chi connectivity index (χ2v) is 40.4. The van der Waals surface area contributed by atoms with Crippen molar-refractivity contribution in [3.63, 3.8) is 0 Å². The van der Waals surface area contributed by atoms with Gasteiger partial charge < -0.3 is 24.8 Å². The molecule has 0 aromatic rings. The molecule has 21 heteroatoms. The number of carbonyl (C=O) groups excluding carboxylic acids is 7. The fourth-order valence-electron chi connectivity index (χ4n) is 19.1. The molecule has 0 aromatic heterocycles. The molecule has 10 atom stereocenters. The zero-order valence-electron chi connectivity index (χ0n) is 60.9. The van der Waals surface area contributed by atoms with E-state index in [1.807, 2.05) is 34.6 Å². The molecule has 4 N–H and O–H groups in total. The lowest BCUT2D eigenvalue weighted by Crippen LogP contribution is -2.49. The van der Waals surface area contributed by atoms with Gasteiger partial charge in [-0.25, -0.2) is 16.8 Å². The molecule has 536 valence electrons. The third-order valence-corrected chi connectivity index (χ3v) is 30.5. The van der Waals surface area contributed by atoms with E-state index in [0.717, 1.165) is 38.6 Å². The van der Waals surface area contributed by atoms with Crippen molar-refractivity contribution in [1.29, 1.82) is 0 Å². The Kier molecular flexibility index (Phi) is 20.1. The number of esters is 2. The first-order valence-electron chi connectivity index (χ1n) is 35.5. The van der Waals surface area contributed by atoms with Gasteiger partial charge in [-0.2, -0.15) is 0 Å². The number of ketones is 2. The van der Waals surface area contributed by atoms with E-state index in [2.05, 4.69) is 55.6 Å². The minimum atomic E-state index is -3.90. The number of likely N-dealkylation sites (tertiary alicyclic amines) is 1. The number of sulfonamides is 2. The largest absolute Gasteiger partial charge is 0.481 e. The Morgan fingerprint density at radius 1 is 0.568 bits per heavy atom. The monoisotopic (exact) mass is 1370 g/mol. The Hall–Kier alpha value is -4.50. The molecule has 2 heterocycles. The summed E-state index contributed by atoms with van der Waals surface area (Å²) in [4.78, 5) is 107. The molecular weight excluding hydrogens is 1250 g/mol. The first-order chi connectivity index (χ1) is 43.4. The van der Waals surface area contributed by atoms with Crippen molar-refractivity contribution in [3.05, 3.63) is 25.3 Å². The number of hydrogen-bond donors (Lipinski definition) is 4. The van der Waals surface area contributed by atoms with Crippen molar-refractivity contribution < 1.29 is 69.8 Å². The van der Waals surface area contributed by atoms with Gasteiger partial charge in [-0.15, -0.1) is 13.2 Å². The fourth-order valence-corrected chi connectivity index (χ4v) is 22.6. The van der Waals surface area contributed by atoms with Crippen LogP contribution in [0.3, 0.4) is 0 Å². The zero-order valence-corrected chi connectivity index (χ0v) is 62.6.